The smallest absolute Gasteiger partial charge is 0.509 e. The van der Waals surface area contributed by atoms with Gasteiger partial charge >= 0.3 is 51.4 Å². The Hall–Kier alpha value is -1.52. The van der Waals surface area contributed by atoms with Crippen molar-refractivity contribution in [2.75, 3.05) is 46.2 Å². The maximum absolute atomic E-state index is 10.8. The van der Waals surface area contributed by atoms with Crippen LogP contribution in [0, 0.1) is 19.8 Å². The first-order chi connectivity index (χ1) is 16.4. The molecule has 0 unspecified atom stereocenters. The molecule has 8 heteroatoms. The number of H-pyrrole nitrogens is 1. The summed E-state index contributed by atoms with van der Waals surface area (Å²) in [5.41, 5.74) is 10.3. The first-order valence-electron chi connectivity index (χ1n) is 11.6. The third kappa shape index (κ3) is 9.13. The van der Waals surface area contributed by atoms with E-state index in [4.69, 9.17) is 15.2 Å². The van der Waals surface area contributed by atoms with E-state index in [1.165, 1.54) is 0 Å². The molecule has 1 fully saturated rings. The van der Waals surface area contributed by atoms with Crippen molar-refractivity contribution in [3.8, 4) is 5.75 Å². The number of anilines is 1. The van der Waals surface area contributed by atoms with Crippen LogP contribution in [0.3, 0.4) is 0 Å². The Morgan fingerprint density at radius 2 is 1.94 bits per heavy atom. The Labute approximate surface area is 251 Å². The molecule has 4 rings (SSSR count). The Balaban J connectivity index is 0.000000247. The molecule has 3 aromatic rings. The van der Waals surface area contributed by atoms with Gasteiger partial charge in [0.25, 0.3) is 0 Å². The summed E-state index contributed by atoms with van der Waals surface area (Å²) in [5.74, 6) is 1.49. The fourth-order valence-corrected chi connectivity index (χ4v) is 3.87. The molecule has 1 aromatic heterocycles. The molecule has 1 aliphatic rings. The number of nitrogens with two attached hydrogens (primary N) is 1. The summed E-state index contributed by atoms with van der Waals surface area (Å²) in [6, 6.07) is 9.30. The maximum Gasteiger partial charge on any atom is 1.00 e. The molecule has 0 spiro atoms. The monoisotopic (exact) mass is 502 g/mol. The number of ether oxygens (including phenoxy) is 2. The second kappa shape index (κ2) is 14.9. The van der Waals surface area contributed by atoms with Crippen molar-refractivity contribution in [1.29, 1.82) is 0 Å². The van der Waals surface area contributed by atoms with Crippen molar-refractivity contribution in [2.24, 2.45) is 5.92 Å². The number of nitrogen functional groups attached to an aromatic ring is 1. The number of aromatic amines is 1. The van der Waals surface area contributed by atoms with Crippen LogP contribution in [-0.2, 0) is 16.0 Å². The van der Waals surface area contributed by atoms with Crippen LogP contribution < -0.4 is 61.9 Å². The minimum Gasteiger partial charge on any atom is -0.509 e. The van der Waals surface area contributed by atoms with Gasteiger partial charge in [-0.1, -0.05) is 11.8 Å². The Kier molecular flexibility index (Phi) is 12.6. The zero-order valence-corrected chi connectivity index (χ0v) is 24.4. The fourth-order valence-electron chi connectivity index (χ4n) is 3.87. The van der Waals surface area contributed by atoms with E-state index in [-0.39, 0.29) is 51.4 Å². The van der Waals surface area contributed by atoms with Crippen molar-refractivity contribution in [1.82, 2.24) is 15.1 Å². The van der Waals surface area contributed by atoms with Gasteiger partial charge in [0.05, 0.1) is 18.4 Å². The van der Waals surface area contributed by atoms with Gasteiger partial charge in [-0.05, 0) is 51.1 Å². The van der Waals surface area contributed by atoms with E-state index in [1.54, 1.807) is 12.1 Å². The molecule has 2 heterocycles. The van der Waals surface area contributed by atoms with Crippen LogP contribution in [0.5, 0.6) is 5.75 Å². The van der Waals surface area contributed by atoms with Crippen LogP contribution in [0.1, 0.15) is 41.6 Å². The molecule has 2 aromatic carbocycles. The first kappa shape index (κ1) is 29.7. The number of nitrogens with one attached hydrogen (secondary N) is 1. The number of hydrogen-bond acceptors (Lipinski definition) is 6. The fraction of sp³-hybridized carbons (Fsp3) is 0.407. The summed E-state index contributed by atoms with van der Waals surface area (Å²) in [4.78, 5) is 13.0. The van der Waals surface area contributed by atoms with E-state index >= 15 is 0 Å². The first-order valence-corrected chi connectivity index (χ1v) is 11.6. The van der Waals surface area contributed by atoms with Crippen molar-refractivity contribution in [3.63, 3.8) is 0 Å². The second-order valence-electron chi connectivity index (χ2n) is 8.96. The third-order valence-electron chi connectivity index (χ3n) is 5.94. The molecule has 0 saturated carbocycles. The van der Waals surface area contributed by atoms with E-state index in [9.17, 15) is 4.79 Å². The third-order valence-corrected chi connectivity index (χ3v) is 5.94. The van der Waals surface area contributed by atoms with E-state index in [2.05, 4.69) is 43.0 Å². The van der Waals surface area contributed by atoms with Gasteiger partial charge < -0.3 is 24.9 Å². The average Bonchev–Trinajstić information content (AvgIpc) is 3.20. The number of benzene rings is 2. The van der Waals surface area contributed by atoms with Crippen molar-refractivity contribution in [3.05, 3.63) is 66.6 Å². The average molecular weight is 503 g/mol. The van der Waals surface area contributed by atoms with Gasteiger partial charge in [0.2, 0.25) is 0 Å². The summed E-state index contributed by atoms with van der Waals surface area (Å²) in [5, 5.41) is 8.29. The van der Waals surface area contributed by atoms with Gasteiger partial charge in [-0.3, -0.25) is 30.1 Å². The van der Waals surface area contributed by atoms with Crippen LogP contribution in [0.15, 0.2) is 30.3 Å². The summed E-state index contributed by atoms with van der Waals surface area (Å²) >= 11 is 0. The van der Waals surface area contributed by atoms with Gasteiger partial charge in [-0.15, -0.1) is 17.7 Å². The van der Waals surface area contributed by atoms with Crippen LogP contribution in [0.2, 0.25) is 0 Å². The summed E-state index contributed by atoms with van der Waals surface area (Å²) < 4.78 is 11.0. The second-order valence-corrected chi connectivity index (χ2v) is 8.96. The summed E-state index contributed by atoms with van der Waals surface area (Å²) in [7, 11) is 4.12. The minimum absolute atomic E-state index is 0. The van der Waals surface area contributed by atoms with Gasteiger partial charge in [0.15, 0.2) is 0 Å². The summed E-state index contributed by atoms with van der Waals surface area (Å²) in [6.07, 6.45) is 5.98. The van der Waals surface area contributed by atoms with Crippen LogP contribution >= 0.6 is 0 Å². The van der Waals surface area contributed by atoms with Crippen molar-refractivity contribution < 1.29 is 65.7 Å². The number of nitrogens with zero attached hydrogens (tertiary/aromatic N) is 2. The Bertz CT molecular complexity index is 1080. The predicted octanol–water partition coefficient (Wildman–Crippen LogP) is 0.957. The molecule has 7 nitrogen and oxygen atoms in total. The molecule has 0 amide bonds. The number of aromatic nitrogens is 2. The molecule has 0 aliphatic carbocycles. The van der Waals surface area contributed by atoms with Gasteiger partial charge in [-0.2, -0.15) is 11.2 Å². The van der Waals surface area contributed by atoms with Gasteiger partial charge in [0.1, 0.15) is 0 Å². The van der Waals surface area contributed by atoms with E-state index in [0.717, 1.165) is 85.5 Å². The molecular formula is C27H35KN4O3-2. The molecular weight excluding hydrogens is 467 g/mol. The van der Waals surface area contributed by atoms with Crippen LogP contribution in [-0.4, -0.2) is 61.8 Å². The SMILES string of the molecule is Nc1cc2n[nH]c(CC3CCOCC3)c2cc1[C-]=O.[CH2-]c1ccc(OCCCN(C)C)cc1[CH2-].[K+]. The minimum atomic E-state index is 0. The molecule has 0 radical (unpaired) electrons. The maximum atomic E-state index is 10.8. The molecule has 184 valence electrons. The molecule has 1 saturated heterocycles. The number of rotatable bonds is 8. The van der Waals surface area contributed by atoms with Gasteiger partial charge in [0, 0.05) is 31.2 Å². The molecule has 3 N–H and O–H groups in total. The standard InChI is InChI=1S/C14H16N3O2.C13H19NO.K/c15-12-7-14-11(6-10(12)8-18)13(16-17-14)5-9-1-3-19-4-2-9;1-11-6-7-13(10-12(11)2)15-9-5-8-14(3)4;/h6-7,9H,1-5,15H2,(H,16,17);6-7,10H,1-2,5,8-9H2,3-4H3;/q-1;-2;+1. The molecule has 0 bridgehead atoms. The topological polar surface area (TPSA) is 93.5 Å². The van der Waals surface area contributed by atoms with Gasteiger partial charge in [-0.25, -0.2) is 6.07 Å². The zero-order valence-electron chi connectivity index (χ0n) is 21.2. The van der Waals surface area contributed by atoms with E-state index in [1.807, 2.05) is 24.5 Å². The molecule has 1 aliphatic heterocycles. The molecule has 0 atom stereocenters. The van der Waals surface area contributed by atoms with Crippen LogP contribution in [0.4, 0.5) is 5.69 Å². The predicted molar refractivity (Wildman–Crippen MR) is 137 cm³/mol. The zero-order chi connectivity index (χ0) is 24.5. The quantitative estimate of drug-likeness (QED) is 0.206. The van der Waals surface area contributed by atoms with Crippen molar-refractivity contribution >= 4 is 22.9 Å². The Morgan fingerprint density at radius 1 is 1.20 bits per heavy atom. The van der Waals surface area contributed by atoms with Crippen LogP contribution in [0.25, 0.3) is 10.9 Å². The number of fused-ring (bicyclic) bond motifs is 1. The molecule has 35 heavy (non-hydrogen) atoms. The van der Waals surface area contributed by atoms with Crippen molar-refractivity contribution in [2.45, 2.75) is 25.7 Å². The normalized spacial score (nSPS) is 13.7. The van der Waals surface area contributed by atoms with E-state index in [0.29, 0.717) is 17.2 Å². The number of hydrogen-bond donors (Lipinski definition) is 2. The summed E-state index contributed by atoms with van der Waals surface area (Å²) in [6.45, 7) is 11.2. The largest absolute Gasteiger partial charge is 1.00 e. The number of carbonyl (C=O) groups excluding carboxylic acids is 1. The van der Waals surface area contributed by atoms with E-state index < -0.39 is 0 Å². The Morgan fingerprint density at radius 3 is 2.60 bits per heavy atom.